The third kappa shape index (κ3) is 3.33. The van der Waals surface area contributed by atoms with Gasteiger partial charge in [0.2, 0.25) is 0 Å². The Kier molecular flexibility index (Phi) is 4.37. The number of likely N-dealkylation sites (tertiary alicyclic amines) is 1. The first-order valence-electron chi connectivity index (χ1n) is 6.77. The fraction of sp³-hybridized carbons (Fsp3) is 0.533. The summed E-state index contributed by atoms with van der Waals surface area (Å²) in [5.41, 5.74) is 0.749. The van der Waals surface area contributed by atoms with Crippen LogP contribution < -0.4 is 5.32 Å². The molecule has 1 aliphatic heterocycles. The Bertz CT molecular complexity index is 389. The van der Waals surface area contributed by atoms with E-state index in [0.717, 1.165) is 31.5 Å². The molecule has 0 aromatic heterocycles. The van der Waals surface area contributed by atoms with Gasteiger partial charge < -0.3 is 5.32 Å². The molecule has 3 heteroatoms. The molecule has 0 aliphatic carbocycles. The van der Waals surface area contributed by atoms with Crippen molar-refractivity contribution in [3.63, 3.8) is 0 Å². The van der Waals surface area contributed by atoms with E-state index in [2.05, 4.69) is 24.1 Å². The van der Waals surface area contributed by atoms with Gasteiger partial charge in [-0.2, -0.15) is 0 Å². The lowest BCUT2D eigenvalue weighted by Gasteiger charge is -2.35. The van der Waals surface area contributed by atoms with Crippen LogP contribution in [0, 0.1) is 0 Å². The van der Waals surface area contributed by atoms with Crippen LogP contribution >= 0.6 is 0 Å². The van der Waals surface area contributed by atoms with E-state index in [4.69, 9.17) is 0 Å². The van der Waals surface area contributed by atoms with Crippen molar-refractivity contribution in [3.8, 4) is 0 Å². The van der Waals surface area contributed by atoms with Gasteiger partial charge in [-0.05, 0) is 45.4 Å². The first-order chi connectivity index (χ1) is 8.66. The molecule has 98 valence electrons. The number of amides is 1. The molecule has 0 saturated carbocycles. The molecule has 1 amide bonds. The monoisotopic (exact) mass is 246 g/mol. The third-order valence-corrected chi connectivity index (χ3v) is 3.55. The first-order valence-corrected chi connectivity index (χ1v) is 6.77. The van der Waals surface area contributed by atoms with Gasteiger partial charge in [0, 0.05) is 24.2 Å². The maximum Gasteiger partial charge on any atom is 0.251 e. The summed E-state index contributed by atoms with van der Waals surface area (Å²) in [7, 11) is 0. The van der Waals surface area contributed by atoms with Gasteiger partial charge >= 0.3 is 0 Å². The highest BCUT2D eigenvalue weighted by molar-refractivity contribution is 5.94. The molecule has 1 aromatic rings. The highest BCUT2D eigenvalue weighted by Gasteiger charge is 2.22. The Labute approximate surface area is 109 Å². The minimum Gasteiger partial charge on any atom is -0.348 e. The zero-order chi connectivity index (χ0) is 13.0. The number of carbonyl (C=O) groups is 1. The Morgan fingerprint density at radius 3 is 2.72 bits per heavy atom. The predicted octanol–water partition coefficient (Wildman–Crippen LogP) is 2.29. The van der Waals surface area contributed by atoms with E-state index in [9.17, 15) is 4.79 Å². The van der Waals surface area contributed by atoms with E-state index < -0.39 is 0 Å². The normalized spacial score (nSPS) is 20.9. The lowest BCUT2D eigenvalue weighted by atomic mass is 10.0. The molecule has 1 N–H and O–H groups in total. The molecule has 0 unspecified atom stereocenters. The molecule has 2 rings (SSSR count). The molecule has 0 radical (unpaired) electrons. The number of benzene rings is 1. The molecule has 0 spiro atoms. The summed E-state index contributed by atoms with van der Waals surface area (Å²) >= 11 is 0. The summed E-state index contributed by atoms with van der Waals surface area (Å²) in [6.07, 6.45) is 2.25. The molecular weight excluding hydrogens is 224 g/mol. The van der Waals surface area contributed by atoms with E-state index in [0.29, 0.717) is 6.04 Å². The minimum atomic E-state index is 0.0474. The number of rotatable bonds is 3. The van der Waals surface area contributed by atoms with Crippen LogP contribution in [0.15, 0.2) is 30.3 Å². The Morgan fingerprint density at radius 1 is 1.33 bits per heavy atom. The molecule has 1 atom stereocenters. The summed E-state index contributed by atoms with van der Waals surface area (Å²) in [4.78, 5) is 14.5. The summed E-state index contributed by atoms with van der Waals surface area (Å²) in [5, 5.41) is 3.14. The second kappa shape index (κ2) is 6.01. The van der Waals surface area contributed by atoms with Crippen LogP contribution in [0.2, 0.25) is 0 Å². The predicted molar refractivity (Wildman–Crippen MR) is 73.6 cm³/mol. The Hall–Kier alpha value is -1.35. The van der Waals surface area contributed by atoms with E-state index in [1.807, 2.05) is 30.3 Å². The summed E-state index contributed by atoms with van der Waals surface area (Å²) in [6, 6.07) is 10.3. The van der Waals surface area contributed by atoms with E-state index in [1.54, 1.807) is 0 Å². The number of nitrogens with one attached hydrogen (secondary N) is 1. The van der Waals surface area contributed by atoms with Crippen molar-refractivity contribution >= 4 is 5.91 Å². The second-order valence-electron chi connectivity index (χ2n) is 5.27. The van der Waals surface area contributed by atoms with Crippen LogP contribution in [0.1, 0.15) is 37.0 Å². The van der Waals surface area contributed by atoms with Gasteiger partial charge in [0.25, 0.3) is 5.91 Å². The van der Waals surface area contributed by atoms with Gasteiger partial charge in [-0.25, -0.2) is 0 Å². The van der Waals surface area contributed by atoms with Crippen molar-refractivity contribution in [2.75, 3.05) is 13.1 Å². The van der Waals surface area contributed by atoms with Gasteiger partial charge in [0.1, 0.15) is 0 Å². The summed E-state index contributed by atoms with van der Waals surface area (Å²) < 4.78 is 0. The number of hydrogen-bond donors (Lipinski definition) is 1. The second-order valence-corrected chi connectivity index (χ2v) is 5.27. The van der Waals surface area contributed by atoms with Gasteiger partial charge in [0.05, 0.1) is 0 Å². The number of nitrogens with zero attached hydrogens (tertiary/aromatic N) is 1. The van der Waals surface area contributed by atoms with Crippen LogP contribution in [0.25, 0.3) is 0 Å². The molecule has 1 fully saturated rings. The largest absolute Gasteiger partial charge is 0.348 e. The lowest BCUT2D eigenvalue weighted by molar-refractivity contribution is 0.0886. The van der Waals surface area contributed by atoms with Crippen molar-refractivity contribution in [2.45, 2.75) is 38.8 Å². The summed E-state index contributed by atoms with van der Waals surface area (Å²) in [5.74, 6) is 0.0474. The molecule has 3 nitrogen and oxygen atoms in total. The Balaban J connectivity index is 1.91. The standard InChI is InChI=1S/C15H22N2O/c1-12(2)17-10-6-9-14(11-17)16-15(18)13-7-4-3-5-8-13/h3-5,7-8,12,14H,6,9-11H2,1-2H3,(H,16,18)/t14-/m1/s1. The zero-order valence-corrected chi connectivity index (χ0v) is 11.2. The van der Waals surface area contributed by atoms with Gasteiger partial charge in [-0.3, -0.25) is 9.69 Å². The number of hydrogen-bond acceptors (Lipinski definition) is 2. The fourth-order valence-corrected chi connectivity index (χ4v) is 2.45. The number of piperidine rings is 1. The molecule has 18 heavy (non-hydrogen) atoms. The van der Waals surface area contributed by atoms with Crippen LogP contribution in [0.3, 0.4) is 0 Å². The van der Waals surface area contributed by atoms with E-state index in [-0.39, 0.29) is 11.9 Å². The van der Waals surface area contributed by atoms with Gasteiger partial charge in [-0.1, -0.05) is 18.2 Å². The fourth-order valence-electron chi connectivity index (χ4n) is 2.45. The van der Waals surface area contributed by atoms with E-state index >= 15 is 0 Å². The lowest BCUT2D eigenvalue weighted by Crippen LogP contribution is -2.49. The highest BCUT2D eigenvalue weighted by Crippen LogP contribution is 2.13. The average Bonchev–Trinajstić information content (AvgIpc) is 2.40. The Morgan fingerprint density at radius 2 is 2.06 bits per heavy atom. The first kappa shape index (κ1) is 13.1. The average molecular weight is 246 g/mol. The topological polar surface area (TPSA) is 32.3 Å². The molecule has 0 bridgehead atoms. The van der Waals surface area contributed by atoms with Crippen LogP contribution in [-0.2, 0) is 0 Å². The quantitative estimate of drug-likeness (QED) is 0.887. The molecule has 1 heterocycles. The minimum absolute atomic E-state index is 0.0474. The van der Waals surface area contributed by atoms with Crippen LogP contribution in [0.5, 0.6) is 0 Å². The van der Waals surface area contributed by atoms with Crippen LogP contribution in [0.4, 0.5) is 0 Å². The smallest absolute Gasteiger partial charge is 0.251 e. The highest BCUT2D eigenvalue weighted by atomic mass is 16.1. The van der Waals surface area contributed by atoms with E-state index in [1.165, 1.54) is 0 Å². The van der Waals surface area contributed by atoms with Gasteiger partial charge in [-0.15, -0.1) is 0 Å². The SMILES string of the molecule is CC(C)N1CCC[C@@H](NC(=O)c2ccccc2)C1. The number of carbonyl (C=O) groups excluding carboxylic acids is 1. The molecule has 1 saturated heterocycles. The molecule has 1 aliphatic rings. The van der Waals surface area contributed by atoms with Crippen molar-refractivity contribution in [3.05, 3.63) is 35.9 Å². The zero-order valence-electron chi connectivity index (χ0n) is 11.2. The maximum atomic E-state index is 12.1. The maximum absolute atomic E-state index is 12.1. The third-order valence-electron chi connectivity index (χ3n) is 3.55. The van der Waals surface area contributed by atoms with Crippen molar-refractivity contribution < 1.29 is 4.79 Å². The van der Waals surface area contributed by atoms with Crippen LogP contribution in [-0.4, -0.2) is 36.0 Å². The molecular formula is C15H22N2O. The summed E-state index contributed by atoms with van der Waals surface area (Å²) in [6.45, 7) is 6.54. The van der Waals surface area contributed by atoms with Crippen molar-refractivity contribution in [2.24, 2.45) is 0 Å². The van der Waals surface area contributed by atoms with Gasteiger partial charge in [0.15, 0.2) is 0 Å². The van der Waals surface area contributed by atoms with Crippen molar-refractivity contribution in [1.82, 2.24) is 10.2 Å². The molecule has 1 aromatic carbocycles. The van der Waals surface area contributed by atoms with Crippen molar-refractivity contribution in [1.29, 1.82) is 0 Å².